The van der Waals surface area contributed by atoms with Crippen LogP contribution in [-0.2, 0) is 4.79 Å². The maximum atomic E-state index is 11.2. The first kappa shape index (κ1) is 13.2. The van der Waals surface area contributed by atoms with Crippen molar-refractivity contribution in [3.63, 3.8) is 0 Å². The molecule has 0 fully saturated rings. The van der Waals surface area contributed by atoms with Crippen LogP contribution in [0.5, 0.6) is 11.5 Å². The van der Waals surface area contributed by atoms with Crippen LogP contribution in [0.4, 0.5) is 0 Å². The predicted octanol–water partition coefficient (Wildman–Crippen LogP) is 1.09. The number of aliphatic hydroxyl groups is 1. The molecule has 0 bridgehead atoms. The van der Waals surface area contributed by atoms with Crippen LogP contribution < -0.4 is 14.8 Å². The molecule has 5 nitrogen and oxygen atoms in total. The molecule has 19 heavy (non-hydrogen) atoms. The molecule has 1 amide bonds. The van der Waals surface area contributed by atoms with Gasteiger partial charge in [-0.15, -0.1) is 0 Å². The second-order valence-corrected chi connectivity index (χ2v) is 3.85. The van der Waals surface area contributed by atoms with Crippen molar-refractivity contribution in [3.05, 3.63) is 42.0 Å². The first-order chi connectivity index (χ1) is 9.29. The molecule has 1 aliphatic rings. The van der Waals surface area contributed by atoms with Crippen molar-refractivity contribution in [2.24, 2.45) is 0 Å². The third-order valence-corrected chi connectivity index (χ3v) is 2.46. The average Bonchev–Trinajstić information content (AvgIpc) is 2.88. The standard InChI is InChI=1S/C14H15NO4/c16-8-7-15-14(17)4-2-1-3-11-5-6-12-13(9-11)19-10-18-12/h1-6,9,16H,7-8,10H2,(H,15,17). The molecule has 0 atom stereocenters. The Labute approximate surface area is 111 Å². The highest BCUT2D eigenvalue weighted by Crippen LogP contribution is 2.32. The summed E-state index contributed by atoms with van der Waals surface area (Å²) in [4.78, 5) is 11.2. The molecule has 0 radical (unpaired) electrons. The van der Waals surface area contributed by atoms with E-state index in [-0.39, 0.29) is 25.9 Å². The van der Waals surface area contributed by atoms with Gasteiger partial charge in [-0.2, -0.15) is 0 Å². The summed E-state index contributed by atoms with van der Waals surface area (Å²) in [5, 5.41) is 11.1. The predicted molar refractivity (Wildman–Crippen MR) is 70.8 cm³/mol. The number of hydrogen-bond acceptors (Lipinski definition) is 4. The minimum atomic E-state index is -0.232. The molecule has 0 aliphatic carbocycles. The zero-order valence-corrected chi connectivity index (χ0v) is 10.3. The zero-order chi connectivity index (χ0) is 13.5. The van der Waals surface area contributed by atoms with E-state index in [1.807, 2.05) is 24.3 Å². The fourth-order valence-electron chi connectivity index (χ4n) is 1.56. The summed E-state index contributed by atoms with van der Waals surface area (Å²) in [5.74, 6) is 1.24. The van der Waals surface area contributed by atoms with Gasteiger partial charge in [-0.05, 0) is 17.7 Å². The van der Waals surface area contributed by atoms with Crippen LogP contribution in [0.2, 0.25) is 0 Å². The molecule has 1 aromatic carbocycles. The second kappa shape index (κ2) is 6.61. The largest absolute Gasteiger partial charge is 0.454 e. The number of rotatable bonds is 5. The van der Waals surface area contributed by atoms with Crippen molar-refractivity contribution in [3.8, 4) is 11.5 Å². The van der Waals surface area contributed by atoms with Gasteiger partial charge in [0.15, 0.2) is 11.5 Å². The number of fused-ring (bicyclic) bond motifs is 1. The number of ether oxygens (including phenoxy) is 2. The number of carbonyl (C=O) groups excluding carboxylic acids is 1. The molecule has 1 heterocycles. The van der Waals surface area contributed by atoms with Gasteiger partial charge >= 0.3 is 0 Å². The SMILES string of the molecule is O=C(C=CC=Cc1ccc2c(c1)OCO2)NCCO. The highest BCUT2D eigenvalue weighted by atomic mass is 16.7. The van der Waals surface area contributed by atoms with E-state index in [0.717, 1.165) is 17.1 Å². The lowest BCUT2D eigenvalue weighted by Gasteiger charge is -1.97. The summed E-state index contributed by atoms with van der Waals surface area (Å²) in [6, 6.07) is 5.63. The number of amides is 1. The maximum absolute atomic E-state index is 11.2. The number of carbonyl (C=O) groups is 1. The molecular weight excluding hydrogens is 246 g/mol. The Morgan fingerprint density at radius 2 is 2.16 bits per heavy atom. The highest BCUT2D eigenvalue weighted by Gasteiger charge is 2.11. The summed E-state index contributed by atoms with van der Waals surface area (Å²) >= 11 is 0. The summed E-state index contributed by atoms with van der Waals surface area (Å²) in [6.07, 6.45) is 6.66. The van der Waals surface area contributed by atoms with Gasteiger partial charge in [0.1, 0.15) is 0 Å². The van der Waals surface area contributed by atoms with Crippen molar-refractivity contribution in [2.75, 3.05) is 19.9 Å². The van der Waals surface area contributed by atoms with Crippen LogP contribution in [-0.4, -0.2) is 31.0 Å². The zero-order valence-electron chi connectivity index (χ0n) is 10.3. The molecule has 2 rings (SSSR count). The van der Waals surface area contributed by atoms with Crippen LogP contribution in [0.15, 0.2) is 36.4 Å². The Balaban J connectivity index is 1.88. The van der Waals surface area contributed by atoms with E-state index in [2.05, 4.69) is 5.32 Å². The molecule has 5 heteroatoms. The van der Waals surface area contributed by atoms with Gasteiger partial charge in [0.05, 0.1) is 6.61 Å². The first-order valence-corrected chi connectivity index (χ1v) is 5.92. The van der Waals surface area contributed by atoms with Gasteiger partial charge in [0, 0.05) is 12.6 Å². The normalized spacial score (nSPS) is 13.3. The Hall–Kier alpha value is -2.27. The molecule has 0 saturated heterocycles. The van der Waals surface area contributed by atoms with E-state index in [0.29, 0.717) is 0 Å². The second-order valence-electron chi connectivity index (χ2n) is 3.85. The van der Waals surface area contributed by atoms with Crippen molar-refractivity contribution in [1.82, 2.24) is 5.32 Å². The third-order valence-electron chi connectivity index (χ3n) is 2.46. The summed E-state index contributed by atoms with van der Waals surface area (Å²) in [7, 11) is 0. The Bertz CT molecular complexity index is 508. The van der Waals surface area contributed by atoms with E-state index >= 15 is 0 Å². The van der Waals surface area contributed by atoms with Crippen molar-refractivity contribution < 1.29 is 19.4 Å². The van der Waals surface area contributed by atoms with Crippen LogP contribution in [0.3, 0.4) is 0 Å². The van der Waals surface area contributed by atoms with Gasteiger partial charge in [-0.3, -0.25) is 4.79 Å². The molecule has 0 unspecified atom stereocenters. The van der Waals surface area contributed by atoms with Crippen LogP contribution >= 0.6 is 0 Å². The van der Waals surface area contributed by atoms with E-state index in [9.17, 15) is 4.79 Å². The number of hydrogen-bond donors (Lipinski definition) is 2. The Morgan fingerprint density at radius 3 is 3.00 bits per heavy atom. The van der Waals surface area contributed by atoms with Gasteiger partial charge in [-0.25, -0.2) is 0 Å². The van der Waals surface area contributed by atoms with Gasteiger partial charge < -0.3 is 19.9 Å². The van der Waals surface area contributed by atoms with E-state index in [4.69, 9.17) is 14.6 Å². The van der Waals surface area contributed by atoms with Crippen molar-refractivity contribution in [2.45, 2.75) is 0 Å². The van der Waals surface area contributed by atoms with Crippen LogP contribution in [0.25, 0.3) is 6.08 Å². The van der Waals surface area contributed by atoms with Crippen molar-refractivity contribution in [1.29, 1.82) is 0 Å². The fraction of sp³-hybridized carbons (Fsp3) is 0.214. The summed E-state index contributed by atoms with van der Waals surface area (Å²) in [6.45, 7) is 0.453. The van der Waals surface area contributed by atoms with Gasteiger partial charge in [0.25, 0.3) is 0 Å². The molecular formula is C14H15NO4. The number of benzene rings is 1. The van der Waals surface area contributed by atoms with Crippen molar-refractivity contribution >= 4 is 12.0 Å². The molecule has 0 aromatic heterocycles. The van der Waals surface area contributed by atoms with E-state index < -0.39 is 0 Å². The molecule has 0 saturated carbocycles. The first-order valence-electron chi connectivity index (χ1n) is 5.92. The van der Waals surface area contributed by atoms with E-state index in [1.54, 1.807) is 12.2 Å². The monoisotopic (exact) mass is 261 g/mol. The topological polar surface area (TPSA) is 67.8 Å². The number of aliphatic hydroxyl groups excluding tert-OH is 1. The minimum Gasteiger partial charge on any atom is -0.454 e. The maximum Gasteiger partial charge on any atom is 0.244 e. The molecule has 2 N–H and O–H groups in total. The molecule has 1 aromatic rings. The summed E-state index contributed by atoms with van der Waals surface area (Å²) < 4.78 is 10.5. The molecule has 1 aliphatic heterocycles. The third kappa shape index (κ3) is 3.86. The number of nitrogens with one attached hydrogen (secondary N) is 1. The average molecular weight is 261 g/mol. The lowest BCUT2D eigenvalue weighted by molar-refractivity contribution is -0.116. The van der Waals surface area contributed by atoms with Crippen LogP contribution in [0.1, 0.15) is 5.56 Å². The minimum absolute atomic E-state index is 0.0629. The lowest BCUT2D eigenvalue weighted by Crippen LogP contribution is -2.24. The van der Waals surface area contributed by atoms with Crippen LogP contribution in [0, 0.1) is 0 Å². The Morgan fingerprint density at radius 1 is 1.32 bits per heavy atom. The Kier molecular flexibility index (Phi) is 4.58. The van der Waals surface area contributed by atoms with Gasteiger partial charge in [0.2, 0.25) is 12.7 Å². The highest BCUT2D eigenvalue weighted by molar-refractivity contribution is 5.87. The smallest absolute Gasteiger partial charge is 0.244 e. The molecule has 100 valence electrons. The number of allylic oxidation sites excluding steroid dienone is 2. The van der Waals surface area contributed by atoms with Gasteiger partial charge in [-0.1, -0.05) is 24.3 Å². The molecule has 0 spiro atoms. The quantitative estimate of drug-likeness (QED) is 0.615. The lowest BCUT2D eigenvalue weighted by atomic mass is 10.2. The van der Waals surface area contributed by atoms with E-state index in [1.165, 1.54) is 6.08 Å². The fourth-order valence-corrected chi connectivity index (χ4v) is 1.56. The summed E-state index contributed by atoms with van der Waals surface area (Å²) in [5.41, 5.74) is 0.963.